The molecule has 2 aliphatic rings. The number of rotatable bonds is 4. The van der Waals surface area contributed by atoms with E-state index < -0.39 is 0 Å². The van der Waals surface area contributed by atoms with Crippen molar-refractivity contribution in [2.45, 2.75) is 51.2 Å². The lowest BCUT2D eigenvalue weighted by molar-refractivity contribution is 0.679. The highest BCUT2D eigenvalue weighted by Gasteiger charge is 2.26. The summed E-state index contributed by atoms with van der Waals surface area (Å²) in [6.07, 6.45) is 5.22. The maximum atomic E-state index is 6.44. The van der Waals surface area contributed by atoms with Gasteiger partial charge in [-0.05, 0) is 44.2 Å². The van der Waals surface area contributed by atoms with E-state index in [2.05, 4.69) is 29.3 Å². The van der Waals surface area contributed by atoms with Crippen molar-refractivity contribution in [2.75, 3.05) is 11.4 Å². The number of para-hydroxylation sites is 1. The highest BCUT2D eigenvalue weighted by atomic mass is 35.5. The summed E-state index contributed by atoms with van der Waals surface area (Å²) < 4.78 is 0. The van der Waals surface area contributed by atoms with Crippen molar-refractivity contribution >= 4 is 17.3 Å². The minimum atomic E-state index is 0.615. The fourth-order valence-electron chi connectivity index (χ4n) is 2.83. The van der Waals surface area contributed by atoms with Gasteiger partial charge >= 0.3 is 0 Å². The van der Waals surface area contributed by atoms with Gasteiger partial charge in [-0.1, -0.05) is 23.7 Å². The van der Waals surface area contributed by atoms with Crippen molar-refractivity contribution in [2.24, 2.45) is 0 Å². The van der Waals surface area contributed by atoms with E-state index in [1.54, 1.807) is 0 Å². The normalized spacial score (nSPS) is 23.7. The van der Waals surface area contributed by atoms with Crippen LogP contribution in [0.5, 0.6) is 0 Å². The highest BCUT2D eigenvalue weighted by molar-refractivity contribution is 6.33. The number of nitrogens with one attached hydrogen (secondary N) is 1. The van der Waals surface area contributed by atoms with Crippen LogP contribution >= 0.6 is 11.6 Å². The molecule has 0 spiro atoms. The van der Waals surface area contributed by atoms with Crippen LogP contribution in [0.25, 0.3) is 0 Å². The molecule has 1 heterocycles. The van der Waals surface area contributed by atoms with Gasteiger partial charge in [-0.15, -0.1) is 0 Å². The third-order valence-corrected chi connectivity index (χ3v) is 4.37. The van der Waals surface area contributed by atoms with E-state index in [9.17, 15) is 0 Å². The van der Waals surface area contributed by atoms with Crippen LogP contribution in [-0.2, 0) is 6.54 Å². The Morgan fingerprint density at radius 1 is 1.33 bits per heavy atom. The number of hydrogen-bond donors (Lipinski definition) is 1. The number of nitrogens with zero attached hydrogens (tertiary/aromatic N) is 1. The summed E-state index contributed by atoms with van der Waals surface area (Å²) in [6.45, 7) is 4.39. The molecule has 1 atom stereocenters. The molecule has 1 N–H and O–H groups in total. The maximum Gasteiger partial charge on any atom is 0.0643 e. The van der Waals surface area contributed by atoms with Gasteiger partial charge in [0, 0.05) is 25.2 Å². The Kier molecular flexibility index (Phi) is 3.49. The molecule has 1 saturated heterocycles. The Morgan fingerprint density at radius 3 is 2.83 bits per heavy atom. The molecule has 1 aliphatic carbocycles. The van der Waals surface area contributed by atoms with E-state index in [0.29, 0.717) is 6.04 Å². The lowest BCUT2D eigenvalue weighted by Gasteiger charge is -2.27. The smallest absolute Gasteiger partial charge is 0.0643 e. The van der Waals surface area contributed by atoms with Gasteiger partial charge < -0.3 is 10.2 Å². The van der Waals surface area contributed by atoms with Crippen LogP contribution in [0.2, 0.25) is 5.02 Å². The SMILES string of the molecule is CC1CCCN1c1c(Cl)cccc1CNC1CC1. The average molecular weight is 265 g/mol. The first-order valence-corrected chi connectivity index (χ1v) is 7.41. The van der Waals surface area contributed by atoms with Gasteiger partial charge in [0.25, 0.3) is 0 Å². The molecule has 3 rings (SSSR count). The van der Waals surface area contributed by atoms with Gasteiger partial charge in [-0.25, -0.2) is 0 Å². The summed E-state index contributed by atoms with van der Waals surface area (Å²) in [7, 11) is 0. The maximum absolute atomic E-state index is 6.44. The lowest BCUT2D eigenvalue weighted by Crippen LogP contribution is -2.28. The van der Waals surface area contributed by atoms with Crippen LogP contribution < -0.4 is 10.2 Å². The van der Waals surface area contributed by atoms with Crippen LogP contribution in [-0.4, -0.2) is 18.6 Å². The molecule has 18 heavy (non-hydrogen) atoms. The molecule has 2 fully saturated rings. The molecule has 3 heteroatoms. The van der Waals surface area contributed by atoms with E-state index in [0.717, 1.165) is 24.2 Å². The minimum Gasteiger partial charge on any atom is -0.367 e. The largest absolute Gasteiger partial charge is 0.367 e. The third kappa shape index (κ3) is 2.50. The van der Waals surface area contributed by atoms with Gasteiger partial charge in [0.15, 0.2) is 0 Å². The Balaban J connectivity index is 1.84. The zero-order valence-corrected chi connectivity index (χ0v) is 11.7. The molecule has 1 saturated carbocycles. The van der Waals surface area contributed by atoms with E-state index in [4.69, 9.17) is 11.6 Å². The van der Waals surface area contributed by atoms with Crippen LogP contribution in [0, 0.1) is 0 Å². The first-order chi connectivity index (χ1) is 8.75. The summed E-state index contributed by atoms with van der Waals surface area (Å²) in [5.41, 5.74) is 2.61. The lowest BCUT2D eigenvalue weighted by atomic mass is 10.1. The molecule has 1 aromatic rings. The van der Waals surface area contributed by atoms with Gasteiger partial charge in [-0.2, -0.15) is 0 Å². The molecule has 0 aromatic heterocycles. The van der Waals surface area contributed by atoms with Crippen LogP contribution in [0.15, 0.2) is 18.2 Å². The van der Waals surface area contributed by atoms with Crippen molar-refractivity contribution in [3.05, 3.63) is 28.8 Å². The van der Waals surface area contributed by atoms with Gasteiger partial charge in [0.05, 0.1) is 10.7 Å². The molecular formula is C15H21ClN2. The summed E-state index contributed by atoms with van der Waals surface area (Å²) in [4.78, 5) is 2.48. The topological polar surface area (TPSA) is 15.3 Å². The summed E-state index contributed by atoms with van der Waals surface area (Å²) >= 11 is 6.44. The predicted molar refractivity (Wildman–Crippen MR) is 77.4 cm³/mol. The predicted octanol–water partition coefficient (Wildman–Crippen LogP) is 3.58. The minimum absolute atomic E-state index is 0.615. The van der Waals surface area contributed by atoms with E-state index in [-0.39, 0.29) is 0 Å². The van der Waals surface area contributed by atoms with Crippen molar-refractivity contribution in [3.8, 4) is 0 Å². The Labute approximate surface area is 114 Å². The number of benzene rings is 1. The number of hydrogen-bond acceptors (Lipinski definition) is 2. The second kappa shape index (κ2) is 5.10. The molecular weight excluding hydrogens is 244 g/mol. The first kappa shape index (κ1) is 12.3. The molecule has 98 valence electrons. The molecule has 1 aromatic carbocycles. The van der Waals surface area contributed by atoms with Crippen LogP contribution in [0.4, 0.5) is 5.69 Å². The summed E-state index contributed by atoms with van der Waals surface area (Å²) in [5, 5.41) is 4.50. The van der Waals surface area contributed by atoms with Gasteiger partial charge in [0.1, 0.15) is 0 Å². The highest BCUT2D eigenvalue weighted by Crippen LogP contribution is 2.35. The molecule has 0 bridgehead atoms. The first-order valence-electron chi connectivity index (χ1n) is 7.03. The van der Waals surface area contributed by atoms with Crippen molar-refractivity contribution in [1.82, 2.24) is 5.32 Å². The average Bonchev–Trinajstić information content (AvgIpc) is 3.09. The molecule has 2 nitrogen and oxygen atoms in total. The third-order valence-electron chi connectivity index (χ3n) is 4.07. The second-order valence-electron chi connectivity index (χ2n) is 5.59. The van der Waals surface area contributed by atoms with Crippen LogP contribution in [0.3, 0.4) is 0 Å². The zero-order valence-electron chi connectivity index (χ0n) is 11.0. The fraction of sp³-hybridized carbons (Fsp3) is 0.600. The number of anilines is 1. The molecule has 1 aliphatic heterocycles. The quantitative estimate of drug-likeness (QED) is 0.894. The van der Waals surface area contributed by atoms with Crippen molar-refractivity contribution < 1.29 is 0 Å². The standard InChI is InChI=1S/C15H21ClN2/c1-11-4-3-9-18(11)15-12(5-2-6-14(15)16)10-17-13-7-8-13/h2,5-6,11,13,17H,3-4,7-10H2,1H3. The summed E-state index contributed by atoms with van der Waals surface area (Å²) in [6, 6.07) is 7.65. The van der Waals surface area contributed by atoms with Gasteiger partial charge in [-0.3, -0.25) is 0 Å². The fourth-order valence-corrected chi connectivity index (χ4v) is 3.13. The van der Waals surface area contributed by atoms with Crippen LogP contribution in [0.1, 0.15) is 38.2 Å². The second-order valence-corrected chi connectivity index (χ2v) is 5.99. The number of halogens is 1. The van der Waals surface area contributed by atoms with Crippen molar-refractivity contribution in [1.29, 1.82) is 0 Å². The van der Waals surface area contributed by atoms with E-state index >= 15 is 0 Å². The van der Waals surface area contributed by atoms with E-state index in [1.165, 1.54) is 36.9 Å². The Morgan fingerprint density at radius 2 is 2.17 bits per heavy atom. The van der Waals surface area contributed by atoms with E-state index in [1.807, 2.05) is 6.07 Å². The van der Waals surface area contributed by atoms with Gasteiger partial charge in [0.2, 0.25) is 0 Å². The van der Waals surface area contributed by atoms with Crippen molar-refractivity contribution in [3.63, 3.8) is 0 Å². The molecule has 0 radical (unpaired) electrons. The molecule has 0 amide bonds. The Hall–Kier alpha value is -0.730. The Bertz CT molecular complexity index is 429. The summed E-state index contributed by atoms with van der Waals surface area (Å²) in [5.74, 6) is 0. The monoisotopic (exact) mass is 264 g/mol. The zero-order chi connectivity index (χ0) is 12.5. The molecule has 1 unspecified atom stereocenters.